The molecule has 3 unspecified atom stereocenters. The summed E-state index contributed by atoms with van der Waals surface area (Å²) in [5.74, 6) is 4.07. The number of amides is 1. The number of pyridine rings is 1. The third-order valence-electron chi connectivity index (χ3n) is 9.85. The van der Waals surface area contributed by atoms with Crippen molar-refractivity contribution in [1.82, 2.24) is 9.88 Å². The third kappa shape index (κ3) is 5.58. The molecule has 4 fully saturated rings. The SMILES string of the molecule is CCCSc1nc(N2CCC[C@@H](CC(=O)OC)C2)ccc1C(=O)N(C)[C@@H]1CCC2C[C@@]3(OC)CC2CC1C3. The topological polar surface area (TPSA) is 72.0 Å². The van der Waals surface area contributed by atoms with E-state index in [0.29, 0.717) is 12.3 Å². The van der Waals surface area contributed by atoms with Crippen LogP contribution >= 0.6 is 11.8 Å². The van der Waals surface area contributed by atoms with Gasteiger partial charge in [-0.1, -0.05) is 6.92 Å². The van der Waals surface area contributed by atoms with Crippen LogP contribution in [0.15, 0.2) is 17.2 Å². The van der Waals surface area contributed by atoms with E-state index in [9.17, 15) is 9.59 Å². The summed E-state index contributed by atoms with van der Waals surface area (Å²) in [5, 5.41) is 0.836. The number of methoxy groups -OCH3 is 2. The smallest absolute Gasteiger partial charge is 0.305 e. The van der Waals surface area contributed by atoms with Gasteiger partial charge in [0.15, 0.2) is 0 Å². The predicted octanol–water partition coefficient (Wildman–Crippen LogP) is 5.42. The van der Waals surface area contributed by atoms with Gasteiger partial charge in [0.05, 0.1) is 18.3 Å². The van der Waals surface area contributed by atoms with Crippen LogP contribution in [0.2, 0.25) is 0 Å². The van der Waals surface area contributed by atoms with Gasteiger partial charge in [-0.2, -0.15) is 0 Å². The molecule has 1 aromatic heterocycles. The fourth-order valence-electron chi connectivity index (χ4n) is 7.95. The van der Waals surface area contributed by atoms with Crippen LogP contribution in [0.3, 0.4) is 0 Å². The molecule has 8 heteroatoms. The molecule has 0 N–H and O–H groups in total. The molecular weight excluding hydrogens is 498 g/mol. The molecule has 210 valence electrons. The first-order valence-corrected chi connectivity index (χ1v) is 15.6. The fourth-order valence-corrected chi connectivity index (χ4v) is 8.82. The number of esters is 1. The Morgan fingerprint density at radius 3 is 2.68 bits per heavy atom. The van der Waals surface area contributed by atoms with Gasteiger partial charge in [-0.3, -0.25) is 9.59 Å². The monoisotopic (exact) mass is 543 g/mol. The molecule has 4 aliphatic rings. The Morgan fingerprint density at radius 1 is 1.13 bits per heavy atom. The summed E-state index contributed by atoms with van der Waals surface area (Å²) in [6, 6.07) is 4.27. The normalized spacial score (nSPS) is 32.2. The maximum Gasteiger partial charge on any atom is 0.305 e. The lowest BCUT2D eigenvalue weighted by atomic mass is 9.74. The zero-order valence-electron chi connectivity index (χ0n) is 23.6. The van der Waals surface area contributed by atoms with Gasteiger partial charge in [0, 0.05) is 39.7 Å². The van der Waals surface area contributed by atoms with E-state index in [0.717, 1.165) is 79.2 Å². The number of fused-ring (bicyclic) bond motifs is 2. The van der Waals surface area contributed by atoms with Crippen molar-refractivity contribution in [3.8, 4) is 0 Å². The van der Waals surface area contributed by atoms with E-state index in [1.165, 1.54) is 32.8 Å². The number of carbonyl (C=O) groups is 2. The van der Waals surface area contributed by atoms with E-state index in [2.05, 4.69) is 11.8 Å². The lowest BCUT2D eigenvalue weighted by molar-refractivity contribution is -0.141. The number of ether oxygens (including phenoxy) is 2. The first-order valence-electron chi connectivity index (χ1n) is 14.6. The van der Waals surface area contributed by atoms with Crippen molar-refractivity contribution in [2.75, 3.05) is 45.0 Å². The van der Waals surface area contributed by atoms with E-state index >= 15 is 0 Å². The molecule has 2 heterocycles. The molecule has 0 aromatic carbocycles. The Balaban J connectivity index is 1.34. The van der Waals surface area contributed by atoms with Gasteiger partial charge in [0.25, 0.3) is 5.91 Å². The Kier molecular flexibility index (Phi) is 8.58. The lowest BCUT2D eigenvalue weighted by Crippen LogP contribution is -2.47. The Hall–Kier alpha value is -1.80. The molecule has 7 nitrogen and oxygen atoms in total. The highest BCUT2D eigenvalue weighted by Crippen LogP contribution is 2.57. The highest BCUT2D eigenvalue weighted by atomic mass is 32.2. The Labute approximate surface area is 232 Å². The van der Waals surface area contributed by atoms with Crippen molar-refractivity contribution < 1.29 is 19.1 Å². The number of hydrogen-bond acceptors (Lipinski definition) is 7. The van der Waals surface area contributed by atoms with Crippen LogP contribution in [0.25, 0.3) is 0 Å². The number of rotatable bonds is 9. The minimum atomic E-state index is -0.149. The number of thioether (sulfide) groups is 1. The highest BCUT2D eigenvalue weighted by Gasteiger charge is 2.54. The number of nitrogens with zero attached hydrogens (tertiary/aromatic N) is 3. The van der Waals surface area contributed by atoms with Crippen molar-refractivity contribution in [2.45, 2.75) is 87.8 Å². The standard InChI is InChI=1S/C30H45N3O4S/c1-5-13-38-28-24(9-11-26(31-28)33-12-6-7-20(19-33)14-27(34)36-3)29(35)32(2)25-10-8-21-16-30(37-4)17-22(21)15-23(25)18-30/h9,11,20-23,25H,5-8,10,12-19H2,1-4H3/t20-,21?,22?,23?,25+,30+/m0/s1. The average Bonchev–Trinajstić information content (AvgIpc) is 3.12. The number of hydrogen-bond donors (Lipinski definition) is 0. The minimum Gasteiger partial charge on any atom is -0.469 e. The second-order valence-electron chi connectivity index (χ2n) is 12.2. The van der Waals surface area contributed by atoms with Gasteiger partial charge in [0.2, 0.25) is 0 Å². The van der Waals surface area contributed by atoms with Crippen LogP contribution < -0.4 is 4.90 Å². The van der Waals surface area contributed by atoms with Crippen molar-refractivity contribution in [1.29, 1.82) is 0 Å². The second kappa shape index (κ2) is 11.7. The number of piperidine rings is 1. The van der Waals surface area contributed by atoms with Gasteiger partial charge >= 0.3 is 5.97 Å². The van der Waals surface area contributed by atoms with Gasteiger partial charge in [-0.05, 0) is 99.3 Å². The molecular formula is C30H45N3O4S. The molecule has 6 atom stereocenters. The molecule has 0 radical (unpaired) electrons. The molecule has 1 aliphatic heterocycles. The minimum absolute atomic E-state index is 0.0340. The van der Waals surface area contributed by atoms with Gasteiger partial charge < -0.3 is 19.3 Å². The van der Waals surface area contributed by atoms with E-state index in [-0.39, 0.29) is 29.4 Å². The summed E-state index contributed by atoms with van der Waals surface area (Å²) in [4.78, 5) is 35.2. The summed E-state index contributed by atoms with van der Waals surface area (Å²) in [6.07, 6.45) is 10.5. The van der Waals surface area contributed by atoms with Crippen molar-refractivity contribution in [2.24, 2.45) is 23.7 Å². The van der Waals surface area contributed by atoms with Gasteiger partial charge in [-0.25, -0.2) is 4.98 Å². The average molecular weight is 544 g/mol. The van der Waals surface area contributed by atoms with E-state index < -0.39 is 0 Å². The summed E-state index contributed by atoms with van der Waals surface area (Å²) in [6.45, 7) is 3.87. The van der Waals surface area contributed by atoms with Crippen LogP contribution in [-0.4, -0.2) is 73.5 Å². The Morgan fingerprint density at radius 2 is 1.92 bits per heavy atom. The van der Waals surface area contributed by atoms with Crippen LogP contribution in [0.4, 0.5) is 5.82 Å². The quantitative estimate of drug-likeness (QED) is 0.304. The van der Waals surface area contributed by atoms with Crippen LogP contribution in [-0.2, 0) is 14.3 Å². The summed E-state index contributed by atoms with van der Waals surface area (Å²) >= 11 is 1.69. The summed E-state index contributed by atoms with van der Waals surface area (Å²) < 4.78 is 11.0. The van der Waals surface area contributed by atoms with Gasteiger partial charge in [0.1, 0.15) is 10.8 Å². The number of aromatic nitrogens is 1. The molecule has 5 rings (SSSR count). The Bertz CT molecular complexity index is 1020. The largest absolute Gasteiger partial charge is 0.469 e. The van der Waals surface area contributed by atoms with Gasteiger partial charge in [-0.15, -0.1) is 11.8 Å². The summed E-state index contributed by atoms with van der Waals surface area (Å²) in [5.41, 5.74) is 0.757. The van der Waals surface area contributed by atoms with E-state index in [4.69, 9.17) is 14.5 Å². The second-order valence-corrected chi connectivity index (χ2v) is 13.3. The maximum absolute atomic E-state index is 14.0. The molecule has 3 aliphatic carbocycles. The first-order chi connectivity index (χ1) is 18.4. The zero-order valence-corrected chi connectivity index (χ0v) is 24.4. The first kappa shape index (κ1) is 27.8. The predicted molar refractivity (Wildman–Crippen MR) is 151 cm³/mol. The molecule has 1 aromatic rings. The zero-order chi connectivity index (χ0) is 26.9. The third-order valence-corrected chi connectivity index (χ3v) is 11.0. The summed E-state index contributed by atoms with van der Waals surface area (Å²) in [7, 11) is 5.35. The highest BCUT2D eigenvalue weighted by molar-refractivity contribution is 7.99. The molecule has 1 amide bonds. The van der Waals surface area contributed by atoms with E-state index in [1.807, 2.05) is 31.2 Å². The van der Waals surface area contributed by atoms with E-state index in [1.54, 1.807) is 11.8 Å². The fraction of sp³-hybridized carbons (Fsp3) is 0.767. The van der Waals surface area contributed by atoms with Crippen molar-refractivity contribution >= 4 is 29.5 Å². The lowest BCUT2D eigenvalue weighted by Gasteiger charge is -2.43. The molecule has 3 bridgehead atoms. The number of carbonyl (C=O) groups excluding carboxylic acids is 2. The number of anilines is 1. The van der Waals surface area contributed by atoms with Crippen molar-refractivity contribution in [3.63, 3.8) is 0 Å². The van der Waals surface area contributed by atoms with Crippen LogP contribution in [0, 0.1) is 23.7 Å². The molecule has 3 saturated carbocycles. The maximum atomic E-state index is 14.0. The molecule has 1 saturated heterocycles. The van der Waals surface area contributed by atoms with Crippen LogP contribution in [0.5, 0.6) is 0 Å². The van der Waals surface area contributed by atoms with Crippen molar-refractivity contribution in [3.05, 3.63) is 17.7 Å². The van der Waals surface area contributed by atoms with Crippen LogP contribution in [0.1, 0.15) is 81.5 Å². The molecule has 38 heavy (non-hydrogen) atoms. The molecule has 0 spiro atoms.